The molecular formula is C17H17BrN2O3S. The van der Waals surface area contributed by atoms with Crippen LogP contribution in [0.5, 0.6) is 0 Å². The molecule has 1 amide bonds. The van der Waals surface area contributed by atoms with E-state index in [-0.39, 0.29) is 10.8 Å². The smallest absolute Gasteiger partial charge is 0.263 e. The Kier molecular flexibility index (Phi) is 4.40. The summed E-state index contributed by atoms with van der Waals surface area (Å²) in [7, 11) is -3.77. The zero-order valence-electron chi connectivity index (χ0n) is 13.3. The molecule has 0 fully saturated rings. The second kappa shape index (κ2) is 6.22. The van der Waals surface area contributed by atoms with Gasteiger partial charge in [0.05, 0.1) is 0 Å². The van der Waals surface area contributed by atoms with E-state index in [0.29, 0.717) is 28.7 Å². The summed E-state index contributed by atoms with van der Waals surface area (Å²) in [5.74, 6) is -0.102. The molecule has 5 nitrogen and oxygen atoms in total. The standard InChI is InChI=1S/C17H17BrN2O3S/c1-10-3-5-13(7-11(10)2)20-24(22,23)16-9-15-12(8-14(16)18)4-6-17(21)19-15/h3,5,7-9,20H,4,6H2,1-2H3,(H,19,21). The van der Waals surface area contributed by atoms with Crippen LogP contribution in [0.25, 0.3) is 0 Å². The fourth-order valence-corrected chi connectivity index (χ4v) is 4.77. The minimum Gasteiger partial charge on any atom is -0.326 e. The van der Waals surface area contributed by atoms with E-state index in [1.165, 1.54) is 6.07 Å². The van der Waals surface area contributed by atoms with E-state index in [1.807, 2.05) is 19.9 Å². The molecule has 7 heteroatoms. The van der Waals surface area contributed by atoms with Crippen molar-refractivity contribution in [3.63, 3.8) is 0 Å². The fourth-order valence-electron chi connectivity index (χ4n) is 2.60. The number of rotatable bonds is 3. The van der Waals surface area contributed by atoms with Gasteiger partial charge in [0.15, 0.2) is 0 Å². The summed E-state index contributed by atoms with van der Waals surface area (Å²) in [5.41, 5.74) is 4.08. The molecule has 24 heavy (non-hydrogen) atoms. The second-order valence-corrected chi connectivity index (χ2v) is 8.40. The molecule has 0 bridgehead atoms. The van der Waals surface area contributed by atoms with Crippen molar-refractivity contribution in [3.05, 3.63) is 51.5 Å². The minimum atomic E-state index is -3.77. The van der Waals surface area contributed by atoms with Gasteiger partial charge in [-0.05, 0) is 77.2 Å². The Labute approximate surface area is 149 Å². The van der Waals surface area contributed by atoms with Gasteiger partial charge in [-0.2, -0.15) is 0 Å². The van der Waals surface area contributed by atoms with Crippen molar-refractivity contribution in [1.82, 2.24) is 0 Å². The van der Waals surface area contributed by atoms with Crippen molar-refractivity contribution in [2.45, 2.75) is 31.6 Å². The number of carbonyl (C=O) groups is 1. The Bertz CT molecular complexity index is 939. The van der Waals surface area contributed by atoms with E-state index in [2.05, 4.69) is 26.0 Å². The number of carbonyl (C=O) groups excluding carboxylic acids is 1. The summed E-state index contributed by atoms with van der Waals surface area (Å²) in [6, 6.07) is 8.65. The predicted molar refractivity (Wildman–Crippen MR) is 97.8 cm³/mol. The molecule has 0 atom stereocenters. The molecule has 3 rings (SSSR count). The van der Waals surface area contributed by atoms with Gasteiger partial charge in [0.1, 0.15) is 4.90 Å². The normalized spacial score (nSPS) is 14.0. The zero-order valence-corrected chi connectivity index (χ0v) is 15.7. The highest BCUT2D eigenvalue weighted by atomic mass is 79.9. The van der Waals surface area contributed by atoms with Gasteiger partial charge in [-0.15, -0.1) is 0 Å². The summed E-state index contributed by atoms with van der Waals surface area (Å²) in [6.45, 7) is 3.90. The Hall–Kier alpha value is -1.86. The molecule has 0 saturated heterocycles. The van der Waals surface area contributed by atoms with Gasteiger partial charge < -0.3 is 5.32 Å². The lowest BCUT2D eigenvalue weighted by Crippen LogP contribution is -2.20. The molecule has 0 saturated carbocycles. The van der Waals surface area contributed by atoms with E-state index in [9.17, 15) is 13.2 Å². The molecule has 2 aromatic carbocycles. The molecule has 126 valence electrons. The molecule has 0 spiro atoms. The number of halogens is 1. The Morgan fingerprint density at radius 3 is 2.54 bits per heavy atom. The van der Waals surface area contributed by atoms with Gasteiger partial charge >= 0.3 is 0 Å². The summed E-state index contributed by atoms with van der Waals surface area (Å²) in [5, 5.41) is 2.73. The average molecular weight is 409 g/mol. The van der Waals surface area contributed by atoms with Gasteiger partial charge in [0.2, 0.25) is 5.91 Å². The van der Waals surface area contributed by atoms with E-state index in [4.69, 9.17) is 0 Å². The third-order valence-corrected chi connectivity index (χ3v) is 6.44. The largest absolute Gasteiger partial charge is 0.326 e. The van der Waals surface area contributed by atoms with Gasteiger partial charge in [0.25, 0.3) is 10.0 Å². The Morgan fingerprint density at radius 2 is 1.83 bits per heavy atom. The molecule has 0 unspecified atom stereocenters. The molecule has 1 aliphatic heterocycles. The topological polar surface area (TPSA) is 75.3 Å². The van der Waals surface area contributed by atoms with Crippen molar-refractivity contribution < 1.29 is 13.2 Å². The molecule has 0 radical (unpaired) electrons. The van der Waals surface area contributed by atoms with Gasteiger partial charge in [-0.1, -0.05) is 6.07 Å². The number of anilines is 2. The summed E-state index contributed by atoms with van der Waals surface area (Å²) >= 11 is 3.33. The maximum absolute atomic E-state index is 12.7. The number of aryl methyl sites for hydroxylation is 3. The van der Waals surface area contributed by atoms with Gasteiger partial charge in [-0.3, -0.25) is 9.52 Å². The molecule has 2 aromatic rings. The number of hydrogen-bond acceptors (Lipinski definition) is 3. The summed E-state index contributed by atoms with van der Waals surface area (Å²) < 4.78 is 28.5. The van der Waals surface area contributed by atoms with Crippen LogP contribution in [0.3, 0.4) is 0 Å². The minimum absolute atomic E-state index is 0.0988. The number of fused-ring (bicyclic) bond motifs is 1. The van der Waals surface area contributed by atoms with E-state index in [1.54, 1.807) is 18.2 Å². The van der Waals surface area contributed by atoms with Crippen LogP contribution < -0.4 is 10.0 Å². The van der Waals surface area contributed by atoms with Crippen molar-refractivity contribution in [2.24, 2.45) is 0 Å². The predicted octanol–water partition coefficient (Wildman–Crippen LogP) is 3.75. The number of hydrogen-bond donors (Lipinski definition) is 2. The number of amides is 1. The zero-order chi connectivity index (χ0) is 17.5. The second-order valence-electron chi connectivity index (χ2n) is 5.89. The van der Waals surface area contributed by atoms with Gasteiger partial charge in [0, 0.05) is 22.3 Å². The lowest BCUT2D eigenvalue weighted by Gasteiger charge is -2.19. The van der Waals surface area contributed by atoms with E-state index in [0.717, 1.165) is 16.7 Å². The van der Waals surface area contributed by atoms with Crippen LogP contribution in [0.2, 0.25) is 0 Å². The first kappa shape index (κ1) is 17.0. The summed E-state index contributed by atoms with van der Waals surface area (Å²) in [4.78, 5) is 11.6. The molecule has 0 aromatic heterocycles. The highest BCUT2D eigenvalue weighted by Gasteiger charge is 2.23. The molecule has 1 aliphatic rings. The van der Waals surface area contributed by atoms with Gasteiger partial charge in [-0.25, -0.2) is 8.42 Å². The van der Waals surface area contributed by atoms with Crippen molar-refractivity contribution in [3.8, 4) is 0 Å². The lowest BCUT2D eigenvalue weighted by molar-refractivity contribution is -0.116. The van der Waals surface area contributed by atoms with Crippen LogP contribution in [0.4, 0.5) is 11.4 Å². The maximum Gasteiger partial charge on any atom is 0.263 e. The number of nitrogens with one attached hydrogen (secondary N) is 2. The number of benzene rings is 2. The first-order valence-corrected chi connectivity index (χ1v) is 9.76. The highest BCUT2D eigenvalue weighted by molar-refractivity contribution is 9.10. The Morgan fingerprint density at radius 1 is 1.08 bits per heavy atom. The Balaban J connectivity index is 1.98. The number of sulfonamides is 1. The molecule has 0 aliphatic carbocycles. The molecular weight excluding hydrogens is 392 g/mol. The monoisotopic (exact) mass is 408 g/mol. The van der Waals surface area contributed by atoms with Crippen LogP contribution >= 0.6 is 15.9 Å². The first-order valence-electron chi connectivity index (χ1n) is 7.48. The van der Waals surface area contributed by atoms with Crippen LogP contribution in [0.15, 0.2) is 39.7 Å². The first-order chi connectivity index (χ1) is 11.3. The van der Waals surface area contributed by atoms with Crippen molar-refractivity contribution in [2.75, 3.05) is 10.0 Å². The van der Waals surface area contributed by atoms with Crippen LogP contribution in [0, 0.1) is 13.8 Å². The van der Waals surface area contributed by atoms with Crippen LogP contribution in [0.1, 0.15) is 23.1 Å². The third kappa shape index (κ3) is 3.32. The molecule has 1 heterocycles. The summed E-state index contributed by atoms with van der Waals surface area (Å²) in [6.07, 6.45) is 1.01. The van der Waals surface area contributed by atoms with E-state index < -0.39 is 10.0 Å². The molecule has 2 N–H and O–H groups in total. The van der Waals surface area contributed by atoms with Crippen LogP contribution in [-0.4, -0.2) is 14.3 Å². The third-order valence-electron chi connectivity index (χ3n) is 4.10. The average Bonchev–Trinajstić information content (AvgIpc) is 2.50. The van der Waals surface area contributed by atoms with Crippen molar-refractivity contribution in [1.29, 1.82) is 0 Å². The SMILES string of the molecule is Cc1ccc(NS(=O)(=O)c2cc3c(cc2Br)CCC(=O)N3)cc1C. The van der Waals surface area contributed by atoms with E-state index >= 15 is 0 Å². The van der Waals surface area contributed by atoms with Crippen molar-refractivity contribution >= 4 is 43.2 Å². The lowest BCUT2D eigenvalue weighted by atomic mass is 10.0. The quantitative estimate of drug-likeness (QED) is 0.811. The fraction of sp³-hybridized carbons (Fsp3) is 0.235. The highest BCUT2D eigenvalue weighted by Crippen LogP contribution is 2.33. The maximum atomic E-state index is 12.7. The van der Waals surface area contributed by atoms with Crippen LogP contribution in [-0.2, 0) is 21.2 Å².